The predicted octanol–water partition coefficient (Wildman–Crippen LogP) is 2.12. The first-order valence-corrected chi connectivity index (χ1v) is 9.19. The van der Waals surface area contributed by atoms with Gasteiger partial charge in [0.1, 0.15) is 0 Å². The largest absolute Gasteiger partial charge is 0.381 e. The van der Waals surface area contributed by atoms with Crippen LogP contribution in [-0.4, -0.2) is 54.3 Å². The molecule has 2 saturated heterocycles. The first-order chi connectivity index (χ1) is 11.1. The van der Waals surface area contributed by atoms with Gasteiger partial charge >= 0.3 is 0 Å². The lowest BCUT2D eigenvalue weighted by Crippen LogP contribution is -2.44. The Hall–Kier alpha value is -1.02. The smallest absolute Gasteiger partial charge is 0.229 e. The zero-order chi connectivity index (χ0) is 16.2. The van der Waals surface area contributed by atoms with Crippen LogP contribution in [0.3, 0.4) is 0 Å². The molecule has 3 rings (SSSR count). The molecule has 128 valence electrons. The Morgan fingerprint density at radius 3 is 2.74 bits per heavy atom. The van der Waals surface area contributed by atoms with E-state index in [9.17, 15) is 4.79 Å². The summed E-state index contributed by atoms with van der Waals surface area (Å²) in [6.45, 7) is 8.20. The summed E-state index contributed by atoms with van der Waals surface area (Å²) >= 11 is 1.50. The van der Waals surface area contributed by atoms with Crippen LogP contribution in [0.4, 0.5) is 5.13 Å². The van der Waals surface area contributed by atoms with Crippen molar-refractivity contribution in [2.75, 3.05) is 31.6 Å². The molecule has 2 aliphatic rings. The van der Waals surface area contributed by atoms with Crippen LogP contribution in [0, 0.1) is 5.92 Å². The van der Waals surface area contributed by atoms with Gasteiger partial charge in [-0.2, -0.15) is 0 Å². The van der Waals surface area contributed by atoms with Gasteiger partial charge in [0.15, 0.2) is 5.13 Å². The molecule has 3 heterocycles. The van der Waals surface area contributed by atoms with Gasteiger partial charge in [-0.1, -0.05) is 0 Å². The van der Waals surface area contributed by atoms with E-state index < -0.39 is 0 Å². The number of morpholine rings is 1. The van der Waals surface area contributed by atoms with Crippen molar-refractivity contribution in [3.05, 3.63) is 11.1 Å². The number of rotatable bonds is 4. The number of amides is 1. The topological polar surface area (TPSA) is 63.7 Å². The highest BCUT2D eigenvalue weighted by Crippen LogP contribution is 2.22. The highest BCUT2D eigenvalue weighted by Gasteiger charge is 2.24. The quantitative estimate of drug-likeness (QED) is 0.910. The Bertz CT molecular complexity index is 520. The number of carbonyl (C=O) groups is 1. The van der Waals surface area contributed by atoms with Gasteiger partial charge < -0.3 is 14.8 Å². The number of aromatic nitrogens is 1. The molecule has 6 nitrogen and oxygen atoms in total. The third kappa shape index (κ3) is 4.73. The molecular formula is C16H25N3O3S. The monoisotopic (exact) mass is 339 g/mol. The molecule has 0 saturated carbocycles. The molecule has 2 aliphatic heterocycles. The molecule has 2 unspecified atom stereocenters. The van der Waals surface area contributed by atoms with E-state index in [1.165, 1.54) is 11.3 Å². The van der Waals surface area contributed by atoms with E-state index >= 15 is 0 Å². The number of anilines is 1. The van der Waals surface area contributed by atoms with E-state index in [1.54, 1.807) is 0 Å². The molecule has 0 spiro atoms. The number of hydrogen-bond donors (Lipinski definition) is 1. The molecule has 1 aromatic heterocycles. The van der Waals surface area contributed by atoms with Crippen molar-refractivity contribution in [2.45, 2.75) is 45.4 Å². The maximum absolute atomic E-state index is 12.2. The fourth-order valence-electron chi connectivity index (χ4n) is 3.25. The number of carbonyl (C=O) groups excluding carboxylic acids is 1. The third-order valence-electron chi connectivity index (χ3n) is 4.25. The van der Waals surface area contributed by atoms with Crippen LogP contribution >= 0.6 is 11.3 Å². The maximum Gasteiger partial charge on any atom is 0.229 e. The molecule has 0 aromatic carbocycles. The summed E-state index contributed by atoms with van der Waals surface area (Å²) in [5, 5.41) is 5.69. The molecule has 2 fully saturated rings. The molecule has 1 amide bonds. The fourth-order valence-corrected chi connectivity index (χ4v) is 3.95. The average Bonchev–Trinajstić information content (AvgIpc) is 2.94. The van der Waals surface area contributed by atoms with Crippen molar-refractivity contribution in [3.63, 3.8) is 0 Å². The van der Waals surface area contributed by atoms with Crippen LogP contribution in [0.2, 0.25) is 0 Å². The first-order valence-electron chi connectivity index (χ1n) is 8.31. The van der Waals surface area contributed by atoms with Crippen LogP contribution in [0.25, 0.3) is 0 Å². The lowest BCUT2D eigenvalue weighted by Gasteiger charge is -2.34. The van der Waals surface area contributed by atoms with Crippen molar-refractivity contribution in [3.8, 4) is 0 Å². The van der Waals surface area contributed by atoms with Gasteiger partial charge in [-0.3, -0.25) is 9.69 Å². The molecule has 1 aromatic rings. The van der Waals surface area contributed by atoms with E-state index in [-0.39, 0.29) is 24.0 Å². The van der Waals surface area contributed by atoms with Crippen molar-refractivity contribution in [2.24, 2.45) is 5.92 Å². The molecule has 0 bridgehead atoms. The lowest BCUT2D eigenvalue weighted by atomic mass is 10.00. The summed E-state index contributed by atoms with van der Waals surface area (Å²) in [7, 11) is 0. The number of nitrogens with one attached hydrogen (secondary N) is 1. The molecule has 0 aliphatic carbocycles. The highest BCUT2D eigenvalue weighted by molar-refractivity contribution is 7.13. The summed E-state index contributed by atoms with van der Waals surface area (Å²) < 4.78 is 11.0. The molecule has 0 radical (unpaired) electrons. The van der Waals surface area contributed by atoms with Gasteiger partial charge in [-0.15, -0.1) is 11.3 Å². The van der Waals surface area contributed by atoms with Crippen LogP contribution in [0.1, 0.15) is 32.4 Å². The van der Waals surface area contributed by atoms with E-state index in [1.807, 2.05) is 5.38 Å². The Labute approximate surface area is 141 Å². The van der Waals surface area contributed by atoms with Crippen molar-refractivity contribution >= 4 is 22.4 Å². The van der Waals surface area contributed by atoms with E-state index in [2.05, 4.69) is 29.0 Å². The molecule has 7 heteroatoms. The van der Waals surface area contributed by atoms with Crippen molar-refractivity contribution in [1.29, 1.82) is 0 Å². The number of ether oxygens (including phenoxy) is 2. The second kappa shape index (κ2) is 7.70. The second-order valence-corrected chi connectivity index (χ2v) is 7.33. The summed E-state index contributed by atoms with van der Waals surface area (Å²) in [5.41, 5.74) is 1.01. The van der Waals surface area contributed by atoms with Gasteiger partial charge in [-0.05, 0) is 26.7 Å². The molecular weight excluding hydrogens is 314 g/mol. The zero-order valence-electron chi connectivity index (χ0n) is 13.8. The van der Waals surface area contributed by atoms with Crippen LogP contribution in [-0.2, 0) is 20.8 Å². The van der Waals surface area contributed by atoms with Gasteiger partial charge in [0.2, 0.25) is 5.91 Å². The summed E-state index contributed by atoms with van der Waals surface area (Å²) in [6.07, 6.45) is 2.11. The SMILES string of the molecule is CC1CN(Cc2csc(NC(=O)C3CCOCC3)n2)CC(C)O1. The summed E-state index contributed by atoms with van der Waals surface area (Å²) in [5.74, 6) is 0.125. The van der Waals surface area contributed by atoms with Gasteiger partial charge in [0.05, 0.1) is 17.9 Å². The predicted molar refractivity (Wildman–Crippen MR) is 89.6 cm³/mol. The van der Waals surface area contributed by atoms with Crippen molar-refractivity contribution < 1.29 is 14.3 Å². The minimum absolute atomic E-state index is 0.0528. The number of nitrogens with zero attached hydrogens (tertiary/aromatic N) is 2. The first kappa shape index (κ1) is 16.8. The van der Waals surface area contributed by atoms with E-state index in [4.69, 9.17) is 9.47 Å². The normalized spacial score (nSPS) is 27.0. The summed E-state index contributed by atoms with van der Waals surface area (Å²) in [6, 6.07) is 0. The molecule has 1 N–H and O–H groups in total. The minimum atomic E-state index is 0.0528. The number of hydrogen-bond acceptors (Lipinski definition) is 6. The lowest BCUT2D eigenvalue weighted by molar-refractivity contribution is -0.122. The molecule has 23 heavy (non-hydrogen) atoms. The minimum Gasteiger partial charge on any atom is -0.381 e. The maximum atomic E-state index is 12.2. The Morgan fingerprint density at radius 1 is 1.35 bits per heavy atom. The Kier molecular flexibility index (Phi) is 5.63. The van der Waals surface area contributed by atoms with Crippen molar-refractivity contribution in [1.82, 2.24) is 9.88 Å². The molecule has 2 atom stereocenters. The Morgan fingerprint density at radius 2 is 2.04 bits per heavy atom. The summed E-state index contributed by atoms with van der Waals surface area (Å²) in [4.78, 5) is 19.1. The van der Waals surface area contributed by atoms with E-state index in [0.717, 1.165) is 38.2 Å². The second-order valence-electron chi connectivity index (χ2n) is 6.47. The van der Waals surface area contributed by atoms with Crippen LogP contribution < -0.4 is 5.32 Å². The fraction of sp³-hybridized carbons (Fsp3) is 0.750. The van der Waals surface area contributed by atoms with Crippen LogP contribution in [0.15, 0.2) is 5.38 Å². The third-order valence-corrected chi connectivity index (χ3v) is 5.06. The van der Waals surface area contributed by atoms with E-state index in [0.29, 0.717) is 18.3 Å². The zero-order valence-corrected chi connectivity index (χ0v) is 14.6. The standard InChI is InChI=1S/C16H25N3O3S/c1-11-7-19(8-12(2)22-11)9-14-10-23-16(17-14)18-15(20)13-3-5-21-6-4-13/h10-13H,3-9H2,1-2H3,(H,17,18,20). The Balaban J connectivity index is 1.52. The highest BCUT2D eigenvalue weighted by atomic mass is 32.1. The average molecular weight is 339 g/mol. The van der Waals surface area contributed by atoms with Gasteiger partial charge in [-0.25, -0.2) is 4.98 Å². The van der Waals surface area contributed by atoms with Gasteiger partial charge in [0.25, 0.3) is 0 Å². The van der Waals surface area contributed by atoms with Crippen LogP contribution in [0.5, 0.6) is 0 Å². The van der Waals surface area contributed by atoms with Gasteiger partial charge in [0, 0.05) is 44.1 Å². The number of thiazole rings is 1.